The Morgan fingerprint density at radius 3 is 2.68 bits per heavy atom. The quantitative estimate of drug-likeness (QED) is 0.736. The Hall–Kier alpha value is -3.13. The number of carbonyl (C=O) groups is 1. The van der Waals surface area contributed by atoms with E-state index in [9.17, 15) is 14.3 Å². The van der Waals surface area contributed by atoms with Gasteiger partial charge in [-0.05, 0) is 53.2 Å². The Balaban J connectivity index is 1.71. The van der Waals surface area contributed by atoms with Crippen LogP contribution in [-0.4, -0.2) is 37.3 Å². The Bertz CT molecular complexity index is 852. The van der Waals surface area contributed by atoms with Crippen LogP contribution in [0.3, 0.4) is 0 Å². The maximum atomic E-state index is 13.0. The van der Waals surface area contributed by atoms with E-state index >= 15 is 0 Å². The third-order valence-corrected chi connectivity index (χ3v) is 3.77. The summed E-state index contributed by atoms with van der Waals surface area (Å²) in [6.45, 7) is 1.68. The molecule has 2 atom stereocenters. The van der Waals surface area contributed by atoms with E-state index < -0.39 is 12.1 Å². The van der Waals surface area contributed by atoms with Crippen molar-refractivity contribution < 1.29 is 14.3 Å². The van der Waals surface area contributed by atoms with Crippen LogP contribution in [0.25, 0.3) is 5.69 Å². The van der Waals surface area contributed by atoms with Crippen molar-refractivity contribution in [2.45, 2.75) is 19.1 Å². The molecule has 2 aromatic carbocycles. The van der Waals surface area contributed by atoms with Gasteiger partial charge in [-0.3, -0.25) is 4.79 Å². The lowest BCUT2D eigenvalue weighted by atomic mass is 10.0. The standard InChI is InChI=1S/C17H16FN5O2/c1-11(16(24)12-5-7-14(18)8-6-12)20-17(25)13-3-2-4-15(9-13)23-10-19-21-22-23/h2-11,16,24H,1H3,(H,20,25)/t11-,16-/m1/s1. The number of benzene rings is 2. The fraction of sp³-hybridized carbons (Fsp3) is 0.176. The van der Waals surface area contributed by atoms with Crippen molar-refractivity contribution in [1.82, 2.24) is 25.5 Å². The molecule has 1 heterocycles. The van der Waals surface area contributed by atoms with Crippen LogP contribution in [-0.2, 0) is 0 Å². The fourth-order valence-corrected chi connectivity index (χ4v) is 2.39. The molecule has 3 aromatic rings. The third kappa shape index (κ3) is 3.86. The number of tetrazole rings is 1. The van der Waals surface area contributed by atoms with Crippen LogP contribution in [0.5, 0.6) is 0 Å². The zero-order valence-corrected chi connectivity index (χ0v) is 13.4. The van der Waals surface area contributed by atoms with Crippen molar-refractivity contribution >= 4 is 5.91 Å². The van der Waals surface area contributed by atoms with Gasteiger partial charge in [-0.25, -0.2) is 9.07 Å². The molecule has 1 aromatic heterocycles. The zero-order valence-electron chi connectivity index (χ0n) is 13.4. The monoisotopic (exact) mass is 341 g/mol. The van der Waals surface area contributed by atoms with Gasteiger partial charge in [0.1, 0.15) is 12.1 Å². The molecular formula is C17H16FN5O2. The number of halogens is 1. The summed E-state index contributed by atoms with van der Waals surface area (Å²) in [4.78, 5) is 12.4. The average Bonchev–Trinajstić information content (AvgIpc) is 3.16. The Morgan fingerprint density at radius 2 is 2.00 bits per heavy atom. The predicted octanol–water partition coefficient (Wildman–Crippen LogP) is 1.65. The van der Waals surface area contributed by atoms with Crippen molar-refractivity contribution in [3.05, 3.63) is 71.8 Å². The number of hydrogen-bond donors (Lipinski definition) is 2. The Labute approximate surface area is 143 Å². The van der Waals surface area contributed by atoms with E-state index in [0.717, 1.165) is 0 Å². The Morgan fingerprint density at radius 1 is 1.24 bits per heavy atom. The van der Waals surface area contributed by atoms with Gasteiger partial charge in [-0.1, -0.05) is 18.2 Å². The van der Waals surface area contributed by atoms with Crippen LogP contribution >= 0.6 is 0 Å². The summed E-state index contributed by atoms with van der Waals surface area (Å²) in [6, 6.07) is 11.7. The van der Waals surface area contributed by atoms with Gasteiger partial charge in [0.2, 0.25) is 0 Å². The van der Waals surface area contributed by atoms with E-state index in [1.165, 1.54) is 35.3 Å². The highest BCUT2D eigenvalue weighted by Gasteiger charge is 2.19. The van der Waals surface area contributed by atoms with Gasteiger partial charge in [-0.15, -0.1) is 5.10 Å². The molecule has 0 aliphatic heterocycles. The molecule has 0 saturated heterocycles. The summed E-state index contributed by atoms with van der Waals surface area (Å²) in [6.07, 6.45) is 0.477. The van der Waals surface area contributed by atoms with E-state index in [4.69, 9.17) is 0 Å². The van der Waals surface area contributed by atoms with Gasteiger partial charge in [0, 0.05) is 5.56 Å². The number of hydrogen-bond acceptors (Lipinski definition) is 5. The summed E-state index contributed by atoms with van der Waals surface area (Å²) >= 11 is 0. The highest BCUT2D eigenvalue weighted by molar-refractivity contribution is 5.94. The first-order chi connectivity index (χ1) is 12.0. The van der Waals surface area contributed by atoms with Crippen LogP contribution in [0, 0.1) is 5.82 Å². The number of carbonyl (C=O) groups excluding carboxylic acids is 1. The minimum Gasteiger partial charge on any atom is -0.386 e. The first-order valence-electron chi connectivity index (χ1n) is 7.62. The van der Waals surface area contributed by atoms with E-state index in [0.29, 0.717) is 16.8 Å². The minimum absolute atomic E-state index is 0.344. The van der Waals surface area contributed by atoms with Gasteiger partial charge >= 0.3 is 0 Å². The molecule has 0 bridgehead atoms. The van der Waals surface area contributed by atoms with Crippen LogP contribution < -0.4 is 5.32 Å². The molecule has 2 N–H and O–H groups in total. The van der Waals surface area contributed by atoms with E-state index in [2.05, 4.69) is 20.8 Å². The summed E-state index contributed by atoms with van der Waals surface area (Å²) in [5.74, 6) is -0.726. The molecule has 0 spiro atoms. The molecule has 8 heteroatoms. The Kier molecular flexibility index (Phi) is 4.80. The van der Waals surface area contributed by atoms with Crippen LogP contribution in [0.4, 0.5) is 4.39 Å². The molecule has 0 radical (unpaired) electrons. The first kappa shape index (κ1) is 16.7. The van der Waals surface area contributed by atoms with E-state index in [1.54, 1.807) is 31.2 Å². The topological polar surface area (TPSA) is 92.9 Å². The smallest absolute Gasteiger partial charge is 0.251 e. The van der Waals surface area contributed by atoms with Crippen LogP contribution in [0.15, 0.2) is 54.9 Å². The molecule has 0 aliphatic carbocycles. The number of nitrogens with one attached hydrogen (secondary N) is 1. The van der Waals surface area contributed by atoms with Crippen molar-refractivity contribution in [3.8, 4) is 5.69 Å². The third-order valence-electron chi connectivity index (χ3n) is 3.77. The highest BCUT2D eigenvalue weighted by Crippen LogP contribution is 2.18. The van der Waals surface area contributed by atoms with E-state index in [1.807, 2.05) is 0 Å². The SMILES string of the molecule is C[C@@H](NC(=O)c1cccc(-n2cnnn2)c1)[C@@H](O)c1ccc(F)cc1. The van der Waals surface area contributed by atoms with Gasteiger partial charge in [0.15, 0.2) is 0 Å². The fourth-order valence-electron chi connectivity index (χ4n) is 2.39. The molecule has 0 unspecified atom stereocenters. The minimum atomic E-state index is -0.952. The second kappa shape index (κ2) is 7.18. The van der Waals surface area contributed by atoms with E-state index in [-0.39, 0.29) is 11.7 Å². The second-order valence-corrected chi connectivity index (χ2v) is 5.56. The predicted molar refractivity (Wildman–Crippen MR) is 87.4 cm³/mol. The number of aliphatic hydroxyl groups is 1. The molecule has 3 rings (SSSR count). The number of rotatable bonds is 5. The van der Waals surface area contributed by atoms with Gasteiger partial charge in [-0.2, -0.15) is 0 Å². The molecule has 0 saturated carbocycles. The molecule has 25 heavy (non-hydrogen) atoms. The van der Waals surface area contributed by atoms with Crippen molar-refractivity contribution in [3.63, 3.8) is 0 Å². The molecule has 7 nitrogen and oxygen atoms in total. The molecule has 1 amide bonds. The van der Waals surface area contributed by atoms with Crippen LogP contribution in [0.1, 0.15) is 28.9 Å². The summed E-state index contributed by atoms with van der Waals surface area (Å²) < 4.78 is 14.4. The van der Waals surface area contributed by atoms with Crippen molar-refractivity contribution in [2.75, 3.05) is 0 Å². The largest absolute Gasteiger partial charge is 0.386 e. The maximum absolute atomic E-state index is 13.0. The average molecular weight is 341 g/mol. The van der Waals surface area contributed by atoms with Gasteiger partial charge in [0.25, 0.3) is 5.91 Å². The second-order valence-electron chi connectivity index (χ2n) is 5.56. The van der Waals surface area contributed by atoms with Crippen molar-refractivity contribution in [2.24, 2.45) is 0 Å². The maximum Gasteiger partial charge on any atom is 0.251 e. The van der Waals surface area contributed by atoms with Crippen LogP contribution in [0.2, 0.25) is 0 Å². The van der Waals surface area contributed by atoms with Crippen molar-refractivity contribution in [1.29, 1.82) is 0 Å². The number of aromatic nitrogens is 4. The summed E-state index contributed by atoms with van der Waals surface area (Å²) in [7, 11) is 0. The lowest BCUT2D eigenvalue weighted by Gasteiger charge is -2.20. The molecule has 0 fully saturated rings. The van der Waals surface area contributed by atoms with Gasteiger partial charge < -0.3 is 10.4 Å². The number of amides is 1. The lowest BCUT2D eigenvalue weighted by molar-refractivity contribution is 0.0852. The summed E-state index contributed by atoms with van der Waals surface area (Å²) in [5, 5.41) is 23.9. The zero-order chi connectivity index (χ0) is 17.8. The molecular weight excluding hydrogens is 325 g/mol. The lowest BCUT2D eigenvalue weighted by Crippen LogP contribution is -2.37. The number of aliphatic hydroxyl groups excluding tert-OH is 1. The first-order valence-corrected chi connectivity index (χ1v) is 7.62. The summed E-state index contributed by atoms with van der Waals surface area (Å²) in [5.41, 5.74) is 1.58. The number of nitrogens with zero attached hydrogens (tertiary/aromatic N) is 4. The molecule has 0 aliphatic rings. The molecule has 128 valence electrons. The highest BCUT2D eigenvalue weighted by atomic mass is 19.1. The van der Waals surface area contributed by atoms with Gasteiger partial charge in [0.05, 0.1) is 17.8 Å². The normalized spacial score (nSPS) is 13.2.